The van der Waals surface area contributed by atoms with E-state index in [9.17, 15) is 22.8 Å². The van der Waals surface area contributed by atoms with E-state index in [2.05, 4.69) is 15.0 Å². The zero-order chi connectivity index (χ0) is 34.5. The summed E-state index contributed by atoms with van der Waals surface area (Å²) >= 11 is 1.34. The molecule has 15 heteroatoms. The van der Waals surface area contributed by atoms with Crippen LogP contribution in [0.15, 0.2) is 35.2 Å². The lowest BCUT2D eigenvalue weighted by Gasteiger charge is -2.26. The van der Waals surface area contributed by atoms with E-state index in [4.69, 9.17) is 9.72 Å². The number of aromatic nitrogens is 2. The van der Waals surface area contributed by atoms with Gasteiger partial charge < -0.3 is 15.0 Å². The van der Waals surface area contributed by atoms with Gasteiger partial charge in [-0.15, -0.1) is 0 Å². The van der Waals surface area contributed by atoms with Gasteiger partial charge in [0.2, 0.25) is 15.9 Å². The number of amides is 3. The maximum Gasteiger partial charge on any atom is 0.410 e. The highest BCUT2D eigenvalue weighted by Crippen LogP contribution is 2.42. The maximum atomic E-state index is 13.5. The van der Waals surface area contributed by atoms with Gasteiger partial charge >= 0.3 is 6.09 Å². The highest BCUT2D eigenvalue weighted by atomic mass is 32.2. The minimum Gasteiger partial charge on any atom is -0.444 e. The molecule has 0 bridgehead atoms. The van der Waals surface area contributed by atoms with Crippen molar-refractivity contribution < 1.29 is 27.5 Å². The van der Waals surface area contributed by atoms with Crippen molar-refractivity contribution in [3.8, 4) is 10.4 Å². The first-order chi connectivity index (χ1) is 22.6. The number of benzene rings is 1. The van der Waals surface area contributed by atoms with Crippen LogP contribution in [0.3, 0.4) is 0 Å². The number of carbonyl (C=O) groups excluding carboxylic acids is 3. The molecular formula is C33H41N7O6S2. The number of pyridine rings is 1. The lowest BCUT2D eigenvalue weighted by molar-refractivity contribution is -0.119. The predicted molar refractivity (Wildman–Crippen MR) is 183 cm³/mol. The molecule has 1 atom stereocenters. The van der Waals surface area contributed by atoms with Gasteiger partial charge in [0.15, 0.2) is 5.13 Å². The number of carbonyl (C=O) groups is 3. The molecule has 2 aromatic heterocycles. The molecular weight excluding hydrogens is 655 g/mol. The van der Waals surface area contributed by atoms with Crippen LogP contribution in [0.1, 0.15) is 68.6 Å². The van der Waals surface area contributed by atoms with Gasteiger partial charge in [-0.05, 0) is 102 Å². The fraction of sp³-hybridized carbons (Fsp3) is 0.485. The fourth-order valence-corrected chi connectivity index (χ4v) is 8.07. The minimum absolute atomic E-state index is 0.0305. The Bertz CT molecular complexity index is 1880. The zero-order valence-electron chi connectivity index (χ0n) is 28.0. The molecule has 0 spiro atoms. The molecule has 3 amide bonds. The van der Waals surface area contributed by atoms with Crippen LogP contribution >= 0.6 is 11.3 Å². The van der Waals surface area contributed by atoms with Gasteiger partial charge in [0.25, 0.3) is 5.91 Å². The van der Waals surface area contributed by atoms with Gasteiger partial charge in [-0.1, -0.05) is 17.4 Å². The first-order valence-electron chi connectivity index (χ1n) is 16.1. The van der Waals surface area contributed by atoms with Crippen LogP contribution in [-0.4, -0.2) is 84.4 Å². The second kappa shape index (κ2) is 12.7. The van der Waals surface area contributed by atoms with Crippen LogP contribution in [0, 0.1) is 12.8 Å². The summed E-state index contributed by atoms with van der Waals surface area (Å²) in [5.41, 5.74) is 1.60. The monoisotopic (exact) mass is 695 g/mol. The summed E-state index contributed by atoms with van der Waals surface area (Å²) in [7, 11) is -2.59. The molecule has 1 saturated heterocycles. The molecule has 1 aromatic carbocycles. The van der Waals surface area contributed by atoms with E-state index >= 15 is 0 Å². The summed E-state index contributed by atoms with van der Waals surface area (Å²) in [4.78, 5) is 54.2. The molecule has 0 radical (unpaired) electrons. The average Bonchev–Trinajstić information content (AvgIpc) is 3.77. The van der Waals surface area contributed by atoms with E-state index < -0.39 is 21.7 Å². The molecule has 2 fully saturated rings. The van der Waals surface area contributed by atoms with Crippen LogP contribution in [0.25, 0.3) is 10.4 Å². The quantitative estimate of drug-likeness (QED) is 0.335. The summed E-state index contributed by atoms with van der Waals surface area (Å²) in [5.74, 6) is 0.847. The number of nitrogens with zero attached hydrogens (tertiary/aromatic N) is 5. The van der Waals surface area contributed by atoms with Crippen LogP contribution in [-0.2, 0) is 26.1 Å². The number of anilines is 3. The Labute approximate surface area is 284 Å². The van der Waals surface area contributed by atoms with Crippen molar-refractivity contribution in [2.24, 2.45) is 5.92 Å². The van der Waals surface area contributed by atoms with Crippen LogP contribution in [0.2, 0.25) is 0 Å². The molecule has 2 N–H and O–H groups in total. The van der Waals surface area contributed by atoms with Crippen LogP contribution in [0.4, 0.5) is 21.6 Å². The van der Waals surface area contributed by atoms with Crippen molar-refractivity contribution in [3.63, 3.8) is 0 Å². The third-order valence-electron chi connectivity index (χ3n) is 8.75. The number of hydrogen-bond donors (Lipinski definition) is 2. The second-order valence-corrected chi connectivity index (χ2v) is 16.3. The van der Waals surface area contributed by atoms with Crippen molar-refractivity contribution in [3.05, 3.63) is 47.2 Å². The van der Waals surface area contributed by atoms with Crippen LogP contribution in [0.5, 0.6) is 0 Å². The molecule has 4 heterocycles. The number of aryl methyl sites for hydroxylation is 1. The molecule has 6 rings (SSSR count). The maximum absolute atomic E-state index is 13.5. The van der Waals surface area contributed by atoms with Crippen molar-refractivity contribution in [2.75, 3.05) is 36.9 Å². The summed E-state index contributed by atoms with van der Waals surface area (Å²) in [6, 6.07) is 8.79. The Kier molecular flexibility index (Phi) is 8.98. The molecule has 1 saturated carbocycles. The van der Waals surface area contributed by atoms with E-state index in [-0.39, 0.29) is 34.9 Å². The molecule has 3 aliphatic rings. The second-order valence-electron chi connectivity index (χ2n) is 13.5. The number of fused-ring (bicyclic) bond motifs is 1. The highest BCUT2D eigenvalue weighted by molar-refractivity contribution is 7.89. The smallest absolute Gasteiger partial charge is 0.410 e. The number of sulfonamides is 1. The molecule has 13 nitrogen and oxygen atoms in total. The third kappa shape index (κ3) is 6.89. The molecule has 256 valence electrons. The lowest BCUT2D eigenvalue weighted by atomic mass is 10.0. The number of ether oxygens (including phenoxy) is 1. The predicted octanol–water partition coefficient (Wildman–Crippen LogP) is 4.89. The summed E-state index contributed by atoms with van der Waals surface area (Å²) in [5, 5.41) is 3.77. The van der Waals surface area contributed by atoms with Crippen molar-refractivity contribution in [2.45, 2.75) is 77.0 Å². The minimum atomic E-state index is -3.93. The zero-order valence-corrected chi connectivity index (χ0v) is 29.6. The van der Waals surface area contributed by atoms with Gasteiger partial charge in [0, 0.05) is 25.7 Å². The van der Waals surface area contributed by atoms with Gasteiger partial charge in [-0.25, -0.2) is 27.9 Å². The molecule has 48 heavy (non-hydrogen) atoms. The Morgan fingerprint density at radius 1 is 1.10 bits per heavy atom. The van der Waals surface area contributed by atoms with Crippen molar-refractivity contribution >= 4 is 56.0 Å². The summed E-state index contributed by atoms with van der Waals surface area (Å²) in [6.07, 6.45) is 2.19. The number of nitrogens with one attached hydrogen (secondary N) is 2. The Balaban J connectivity index is 1.24. The standard InChI is InChI=1S/C33H41N7O6S2/c1-19-29(22-15-23-17-40(20(2)21-11-12-21)30(42)28(23)24(16-22)48(44,45)34-6)47-31(35-19)37-25-9-7-10-26(36-25)39-14-8-13-38(18-27(39)41)32(43)46-33(3,4)5/h7,9-10,15-16,20-21,34H,8,11-14,17-18H2,1-6H3,(H,35,36,37)/t20-/m0/s1. The highest BCUT2D eigenvalue weighted by Gasteiger charge is 2.41. The van der Waals surface area contributed by atoms with E-state index in [1.807, 2.05) is 19.9 Å². The summed E-state index contributed by atoms with van der Waals surface area (Å²) < 4.78 is 34.2. The van der Waals surface area contributed by atoms with Gasteiger partial charge in [0.1, 0.15) is 23.8 Å². The van der Waals surface area contributed by atoms with Crippen molar-refractivity contribution in [1.29, 1.82) is 0 Å². The van der Waals surface area contributed by atoms with Gasteiger partial charge in [-0.2, -0.15) is 0 Å². The third-order valence-corrected chi connectivity index (χ3v) is 11.3. The van der Waals surface area contributed by atoms with Gasteiger partial charge in [0.05, 0.1) is 21.0 Å². The number of hydrogen-bond acceptors (Lipinski definition) is 10. The first-order valence-corrected chi connectivity index (χ1v) is 18.4. The molecule has 1 aliphatic carbocycles. The largest absolute Gasteiger partial charge is 0.444 e. The fourth-order valence-electron chi connectivity index (χ4n) is 6.12. The van der Waals surface area contributed by atoms with E-state index in [0.29, 0.717) is 65.6 Å². The van der Waals surface area contributed by atoms with E-state index in [0.717, 1.165) is 17.7 Å². The normalized spacial score (nSPS) is 17.8. The first kappa shape index (κ1) is 33.8. The van der Waals surface area contributed by atoms with Gasteiger partial charge in [-0.3, -0.25) is 19.4 Å². The SMILES string of the molecule is CNS(=O)(=O)c1cc(-c2sc(Nc3cccc(N4CCCN(C(=O)OC(C)(C)C)CC4=O)n3)nc2C)cc2c1C(=O)N([C@@H](C)C1CC1)C2. The lowest BCUT2D eigenvalue weighted by Crippen LogP contribution is -2.42. The molecule has 2 aliphatic heterocycles. The average molecular weight is 696 g/mol. The Hall–Kier alpha value is -4.08. The topological polar surface area (TPSA) is 154 Å². The molecule has 0 unspecified atom stereocenters. The van der Waals surface area contributed by atoms with Crippen LogP contribution < -0.4 is 14.9 Å². The number of thiazole rings is 1. The van der Waals surface area contributed by atoms with E-state index in [1.165, 1.54) is 23.3 Å². The summed E-state index contributed by atoms with van der Waals surface area (Å²) in [6.45, 7) is 10.3. The van der Waals surface area contributed by atoms with E-state index in [1.54, 1.807) is 54.8 Å². The Morgan fingerprint density at radius 3 is 2.54 bits per heavy atom. The number of rotatable bonds is 8. The Morgan fingerprint density at radius 2 is 1.85 bits per heavy atom. The molecule has 3 aromatic rings. The van der Waals surface area contributed by atoms with Crippen molar-refractivity contribution in [1.82, 2.24) is 24.5 Å².